The Morgan fingerprint density at radius 1 is 1.10 bits per heavy atom. The van der Waals surface area contributed by atoms with Crippen molar-refractivity contribution in [3.05, 3.63) is 0 Å². The Hall–Kier alpha value is -0.160. The zero-order valence-corrected chi connectivity index (χ0v) is 14.8. The van der Waals surface area contributed by atoms with Gasteiger partial charge in [-0.2, -0.15) is 0 Å². The first kappa shape index (κ1) is 17.2. The molecule has 2 saturated heterocycles. The van der Waals surface area contributed by atoms with E-state index in [4.69, 9.17) is 9.47 Å². The van der Waals surface area contributed by atoms with Gasteiger partial charge in [-0.1, -0.05) is 13.8 Å². The molecule has 2 rings (SSSR count). The summed E-state index contributed by atoms with van der Waals surface area (Å²) in [6.45, 7) is 19.1. The molecule has 0 spiro atoms. The highest BCUT2D eigenvalue weighted by atomic mass is 16.5. The normalized spacial score (nSPS) is 32.7. The molecule has 2 aliphatic heterocycles. The van der Waals surface area contributed by atoms with Crippen molar-refractivity contribution in [3.63, 3.8) is 0 Å². The number of hydrogen-bond acceptors (Lipinski definition) is 4. The molecule has 0 aromatic heterocycles. The minimum absolute atomic E-state index is 0.0755. The molecule has 124 valence electrons. The molecule has 2 heterocycles. The molecule has 0 aromatic carbocycles. The molecule has 2 aliphatic rings. The van der Waals surface area contributed by atoms with Gasteiger partial charge >= 0.3 is 0 Å². The van der Waals surface area contributed by atoms with Crippen molar-refractivity contribution >= 4 is 0 Å². The molecule has 1 N–H and O–H groups in total. The van der Waals surface area contributed by atoms with E-state index in [0.717, 1.165) is 45.8 Å². The van der Waals surface area contributed by atoms with E-state index in [1.54, 1.807) is 0 Å². The van der Waals surface area contributed by atoms with E-state index in [1.807, 2.05) is 0 Å². The second-order valence-corrected chi connectivity index (χ2v) is 8.60. The molecule has 0 aliphatic carbocycles. The Kier molecular flexibility index (Phi) is 5.04. The van der Waals surface area contributed by atoms with Gasteiger partial charge in [-0.3, -0.25) is 4.90 Å². The van der Waals surface area contributed by atoms with Gasteiger partial charge in [-0.05, 0) is 34.1 Å². The Morgan fingerprint density at radius 2 is 1.71 bits per heavy atom. The number of hydrogen-bond donors (Lipinski definition) is 1. The fourth-order valence-electron chi connectivity index (χ4n) is 3.92. The Morgan fingerprint density at radius 3 is 2.19 bits per heavy atom. The van der Waals surface area contributed by atoms with Gasteiger partial charge in [0.25, 0.3) is 0 Å². The summed E-state index contributed by atoms with van der Waals surface area (Å²) in [6.07, 6.45) is 1.16. The maximum Gasteiger partial charge on any atom is 0.0760 e. The van der Waals surface area contributed by atoms with Crippen LogP contribution in [0.3, 0.4) is 0 Å². The summed E-state index contributed by atoms with van der Waals surface area (Å²) in [7, 11) is 0. The highest BCUT2D eigenvalue weighted by Crippen LogP contribution is 2.34. The van der Waals surface area contributed by atoms with Gasteiger partial charge in [-0.25, -0.2) is 0 Å². The van der Waals surface area contributed by atoms with Crippen molar-refractivity contribution in [2.75, 3.05) is 39.4 Å². The summed E-state index contributed by atoms with van der Waals surface area (Å²) >= 11 is 0. The van der Waals surface area contributed by atoms with Crippen LogP contribution in [-0.2, 0) is 9.47 Å². The Labute approximate surface area is 130 Å². The van der Waals surface area contributed by atoms with Crippen LogP contribution < -0.4 is 5.32 Å². The van der Waals surface area contributed by atoms with Crippen LogP contribution >= 0.6 is 0 Å². The standard InChI is InChI=1S/C17H34N2O2/c1-14(2)18-9-17(7-8-20-13-17)12-19-10-15(3,4)21-16(5,6)11-19/h14,18H,7-13H2,1-6H3. The Bertz CT molecular complexity index is 331. The van der Waals surface area contributed by atoms with Crippen LogP contribution in [0.4, 0.5) is 0 Å². The van der Waals surface area contributed by atoms with E-state index in [-0.39, 0.29) is 16.6 Å². The van der Waals surface area contributed by atoms with Crippen molar-refractivity contribution in [1.29, 1.82) is 0 Å². The van der Waals surface area contributed by atoms with Crippen LogP contribution in [0.5, 0.6) is 0 Å². The van der Waals surface area contributed by atoms with Crippen molar-refractivity contribution in [2.45, 2.75) is 65.2 Å². The third kappa shape index (κ3) is 4.92. The minimum Gasteiger partial charge on any atom is -0.381 e. The first-order valence-electron chi connectivity index (χ1n) is 8.35. The lowest BCUT2D eigenvalue weighted by molar-refractivity contribution is -0.184. The van der Waals surface area contributed by atoms with Gasteiger partial charge in [0, 0.05) is 44.2 Å². The predicted molar refractivity (Wildman–Crippen MR) is 86.7 cm³/mol. The highest BCUT2D eigenvalue weighted by molar-refractivity contribution is 4.95. The second kappa shape index (κ2) is 6.15. The highest BCUT2D eigenvalue weighted by Gasteiger charge is 2.43. The molecule has 0 amide bonds. The smallest absolute Gasteiger partial charge is 0.0760 e. The summed E-state index contributed by atoms with van der Waals surface area (Å²) < 4.78 is 11.9. The molecule has 1 atom stereocenters. The van der Waals surface area contributed by atoms with Crippen LogP contribution in [0.25, 0.3) is 0 Å². The van der Waals surface area contributed by atoms with Crippen molar-refractivity contribution in [2.24, 2.45) is 5.41 Å². The number of nitrogens with zero attached hydrogens (tertiary/aromatic N) is 1. The largest absolute Gasteiger partial charge is 0.381 e. The van der Waals surface area contributed by atoms with E-state index in [9.17, 15) is 0 Å². The van der Waals surface area contributed by atoms with E-state index in [1.165, 1.54) is 0 Å². The van der Waals surface area contributed by atoms with Gasteiger partial charge < -0.3 is 14.8 Å². The lowest BCUT2D eigenvalue weighted by atomic mass is 9.85. The molecule has 0 radical (unpaired) electrons. The van der Waals surface area contributed by atoms with Gasteiger partial charge in [0.15, 0.2) is 0 Å². The molecule has 4 heteroatoms. The summed E-state index contributed by atoms with van der Waals surface area (Å²) in [5, 5.41) is 3.62. The number of nitrogens with one attached hydrogen (secondary N) is 1. The monoisotopic (exact) mass is 298 g/mol. The quantitative estimate of drug-likeness (QED) is 0.844. The average molecular weight is 298 g/mol. The lowest BCUT2D eigenvalue weighted by Crippen LogP contribution is -2.60. The maximum absolute atomic E-state index is 6.20. The molecule has 21 heavy (non-hydrogen) atoms. The van der Waals surface area contributed by atoms with Gasteiger partial charge in [0.1, 0.15) is 0 Å². The summed E-state index contributed by atoms with van der Waals surface area (Å²) in [5.74, 6) is 0. The SMILES string of the molecule is CC(C)NCC1(CN2CC(C)(C)OC(C)(C)C2)CCOC1. The molecule has 1 unspecified atom stereocenters. The van der Waals surface area contributed by atoms with Gasteiger partial charge in [-0.15, -0.1) is 0 Å². The average Bonchev–Trinajstić information content (AvgIpc) is 2.71. The van der Waals surface area contributed by atoms with Crippen molar-refractivity contribution < 1.29 is 9.47 Å². The fourth-order valence-corrected chi connectivity index (χ4v) is 3.92. The maximum atomic E-state index is 6.20. The number of ether oxygens (including phenoxy) is 2. The summed E-state index contributed by atoms with van der Waals surface area (Å²) in [5.41, 5.74) is 0.107. The van der Waals surface area contributed by atoms with Crippen LogP contribution in [0.2, 0.25) is 0 Å². The molecular weight excluding hydrogens is 264 g/mol. The first-order chi connectivity index (χ1) is 9.62. The molecule has 0 saturated carbocycles. The zero-order valence-electron chi connectivity index (χ0n) is 14.8. The van der Waals surface area contributed by atoms with E-state index in [2.05, 4.69) is 51.8 Å². The third-order valence-corrected chi connectivity index (χ3v) is 4.39. The fraction of sp³-hybridized carbons (Fsp3) is 1.00. The van der Waals surface area contributed by atoms with E-state index >= 15 is 0 Å². The van der Waals surface area contributed by atoms with Crippen LogP contribution in [0.1, 0.15) is 48.0 Å². The van der Waals surface area contributed by atoms with Crippen LogP contribution in [0, 0.1) is 5.41 Å². The number of morpholine rings is 1. The zero-order chi connectivity index (χ0) is 15.7. The third-order valence-electron chi connectivity index (χ3n) is 4.39. The van der Waals surface area contributed by atoms with E-state index < -0.39 is 0 Å². The predicted octanol–water partition coefficient (Wildman–Crippen LogP) is 2.28. The van der Waals surface area contributed by atoms with Gasteiger partial charge in [0.05, 0.1) is 17.8 Å². The molecule has 0 aromatic rings. The van der Waals surface area contributed by atoms with Crippen molar-refractivity contribution in [1.82, 2.24) is 10.2 Å². The second-order valence-electron chi connectivity index (χ2n) is 8.60. The van der Waals surface area contributed by atoms with Crippen LogP contribution in [-0.4, -0.2) is 61.5 Å². The summed E-state index contributed by atoms with van der Waals surface area (Å²) in [6, 6.07) is 0.528. The van der Waals surface area contributed by atoms with E-state index in [0.29, 0.717) is 6.04 Å². The van der Waals surface area contributed by atoms with Crippen molar-refractivity contribution in [3.8, 4) is 0 Å². The van der Waals surface area contributed by atoms with Gasteiger partial charge in [0.2, 0.25) is 0 Å². The molecular formula is C17H34N2O2. The topological polar surface area (TPSA) is 33.7 Å². The first-order valence-corrected chi connectivity index (χ1v) is 8.35. The Balaban J connectivity index is 2.02. The summed E-state index contributed by atoms with van der Waals surface area (Å²) in [4.78, 5) is 2.58. The minimum atomic E-state index is -0.0755. The molecule has 0 bridgehead atoms. The molecule has 4 nitrogen and oxygen atoms in total. The number of rotatable bonds is 5. The lowest BCUT2D eigenvalue weighted by Gasteiger charge is -2.49. The molecule has 2 fully saturated rings. The van der Waals surface area contributed by atoms with Crippen LogP contribution in [0.15, 0.2) is 0 Å².